The van der Waals surface area contributed by atoms with Crippen molar-refractivity contribution >= 4 is 28.6 Å². The highest BCUT2D eigenvalue weighted by atomic mass is 19.3. The van der Waals surface area contributed by atoms with E-state index < -0.39 is 5.92 Å². The Bertz CT molecular complexity index is 1400. The minimum Gasteiger partial charge on any atom is -0.349 e. The van der Waals surface area contributed by atoms with Crippen molar-refractivity contribution in [3.63, 3.8) is 0 Å². The first kappa shape index (κ1) is 24.9. The van der Waals surface area contributed by atoms with E-state index in [1.807, 2.05) is 34.9 Å². The number of benzene rings is 3. The fourth-order valence-electron chi connectivity index (χ4n) is 5.08. The molecule has 1 aliphatic carbocycles. The number of nitrogens with one attached hydrogen (secondary N) is 2. The Balaban J connectivity index is 1.53. The number of aromatic nitrogens is 2. The molecule has 5 nitrogen and oxygen atoms in total. The van der Waals surface area contributed by atoms with Crippen molar-refractivity contribution in [2.24, 2.45) is 0 Å². The van der Waals surface area contributed by atoms with Gasteiger partial charge in [-0.25, -0.2) is 13.8 Å². The molecule has 37 heavy (non-hydrogen) atoms. The summed E-state index contributed by atoms with van der Waals surface area (Å²) in [7, 11) is 0. The number of hydrogen-bond donors (Lipinski definition) is 2. The van der Waals surface area contributed by atoms with E-state index in [-0.39, 0.29) is 24.1 Å². The van der Waals surface area contributed by atoms with Crippen molar-refractivity contribution in [2.75, 3.05) is 5.32 Å². The van der Waals surface area contributed by atoms with Crippen molar-refractivity contribution in [2.45, 2.75) is 64.5 Å². The molecular weight excluding hydrogens is 470 g/mol. The summed E-state index contributed by atoms with van der Waals surface area (Å²) in [5.74, 6) is -2.55. The molecule has 1 aliphatic rings. The number of amides is 1. The predicted molar refractivity (Wildman–Crippen MR) is 144 cm³/mol. The summed E-state index contributed by atoms with van der Waals surface area (Å²) in [4.78, 5) is 17.7. The zero-order chi connectivity index (χ0) is 26.0. The first-order valence-corrected chi connectivity index (χ1v) is 12.9. The molecule has 0 bridgehead atoms. The van der Waals surface area contributed by atoms with Crippen LogP contribution < -0.4 is 10.6 Å². The van der Waals surface area contributed by atoms with E-state index in [1.54, 1.807) is 30.3 Å². The normalized spacial score (nSPS) is 14.3. The number of halogens is 2. The summed E-state index contributed by atoms with van der Waals surface area (Å²) in [5, 5.41) is 6.49. The summed E-state index contributed by atoms with van der Waals surface area (Å²) in [6, 6.07) is 20.3. The highest BCUT2D eigenvalue weighted by molar-refractivity contribution is 5.98. The second-order valence-electron chi connectivity index (χ2n) is 9.90. The number of imidazole rings is 1. The minimum absolute atomic E-state index is 0.0114. The molecule has 1 amide bonds. The average molecular weight is 503 g/mol. The summed E-state index contributed by atoms with van der Waals surface area (Å²) >= 11 is 0. The topological polar surface area (TPSA) is 59.0 Å². The monoisotopic (exact) mass is 502 g/mol. The molecule has 4 aromatic rings. The third-order valence-electron chi connectivity index (χ3n) is 7.14. The quantitative estimate of drug-likeness (QED) is 0.268. The molecule has 1 fully saturated rings. The van der Waals surface area contributed by atoms with E-state index in [9.17, 15) is 13.6 Å². The molecule has 1 saturated carbocycles. The van der Waals surface area contributed by atoms with Crippen LogP contribution in [0.3, 0.4) is 0 Å². The lowest BCUT2D eigenvalue weighted by molar-refractivity contribution is 0.0165. The Morgan fingerprint density at radius 1 is 1.05 bits per heavy atom. The molecular formula is C30H32F2N4O. The summed E-state index contributed by atoms with van der Waals surface area (Å²) in [6.45, 7) is 3.23. The van der Waals surface area contributed by atoms with Crippen LogP contribution in [0.25, 0.3) is 11.0 Å². The van der Waals surface area contributed by atoms with Crippen LogP contribution >= 0.6 is 0 Å². The van der Waals surface area contributed by atoms with Gasteiger partial charge in [-0.2, -0.15) is 0 Å². The predicted octanol–water partition coefficient (Wildman–Crippen LogP) is 7.17. The van der Waals surface area contributed by atoms with Crippen LogP contribution in [0.15, 0.2) is 66.7 Å². The highest BCUT2D eigenvalue weighted by Crippen LogP contribution is 2.32. The van der Waals surface area contributed by atoms with E-state index in [0.29, 0.717) is 22.6 Å². The molecule has 0 aliphatic heterocycles. The van der Waals surface area contributed by atoms with E-state index in [2.05, 4.69) is 17.6 Å². The smallest absolute Gasteiger partial charge is 0.270 e. The lowest BCUT2D eigenvalue weighted by atomic mass is 10.0. The molecule has 7 heteroatoms. The van der Waals surface area contributed by atoms with Gasteiger partial charge in [-0.3, -0.25) is 4.79 Å². The van der Waals surface area contributed by atoms with Crippen molar-refractivity contribution in [1.82, 2.24) is 14.9 Å². The number of anilines is 2. The molecule has 3 aromatic carbocycles. The molecule has 5 rings (SSSR count). The van der Waals surface area contributed by atoms with Crippen molar-refractivity contribution in [1.29, 1.82) is 0 Å². The summed E-state index contributed by atoms with van der Waals surface area (Å²) in [6.07, 6.45) is 5.23. The summed E-state index contributed by atoms with van der Waals surface area (Å²) < 4.78 is 30.7. The van der Waals surface area contributed by atoms with Crippen LogP contribution in [-0.2, 0) is 18.9 Å². The maximum atomic E-state index is 14.4. The van der Waals surface area contributed by atoms with E-state index in [4.69, 9.17) is 4.98 Å². The summed E-state index contributed by atoms with van der Waals surface area (Å²) in [5.41, 5.74) is 4.51. The third-order valence-corrected chi connectivity index (χ3v) is 7.14. The zero-order valence-corrected chi connectivity index (χ0v) is 21.2. The Labute approximate surface area is 215 Å². The maximum Gasteiger partial charge on any atom is 0.270 e. The van der Waals surface area contributed by atoms with E-state index >= 15 is 0 Å². The van der Waals surface area contributed by atoms with Gasteiger partial charge in [0.1, 0.15) is 0 Å². The van der Waals surface area contributed by atoms with Gasteiger partial charge in [0.15, 0.2) is 0 Å². The van der Waals surface area contributed by atoms with Crippen LogP contribution in [0.5, 0.6) is 0 Å². The van der Waals surface area contributed by atoms with Crippen LogP contribution in [-0.4, -0.2) is 21.5 Å². The van der Waals surface area contributed by atoms with Crippen LogP contribution in [0.1, 0.15) is 66.6 Å². The molecule has 1 aromatic heterocycles. The lowest BCUT2D eigenvalue weighted by Gasteiger charge is -2.18. The molecule has 0 atom stereocenters. The number of carbonyl (C=O) groups is 1. The molecule has 0 saturated heterocycles. The Morgan fingerprint density at radius 2 is 1.78 bits per heavy atom. The minimum atomic E-state index is -2.97. The Morgan fingerprint density at radius 3 is 2.49 bits per heavy atom. The molecule has 192 valence electrons. The van der Waals surface area contributed by atoms with Crippen LogP contribution in [0, 0.1) is 0 Å². The van der Waals surface area contributed by atoms with Gasteiger partial charge in [0, 0.05) is 29.8 Å². The number of aryl methyl sites for hydroxylation is 1. The van der Waals surface area contributed by atoms with Gasteiger partial charge in [-0.05, 0) is 60.7 Å². The van der Waals surface area contributed by atoms with Gasteiger partial charge < -0.3 is 15.2 Å². The lowest BCUT2D eigenvalue weighted by Crippen LogP contribution is -2.32. The van der Waals surface area contributed by atoms with E-state index in [1.165, 1.54) is 11.6 Å². The maximum absolute atomic E-state index is 14.4. The number of rotatable bonds is 8. The van der Waals surface area contributed by atoms with Gasteiger partial charge in [0.05, 0.1) is 17.6 Å². The molecule has 0 unspecified atom stereocenters. The Kier molecular flexibility index (Phi) is 6.96. The molecule has 0 spiro atoms. The van der Waals surface area contributed by atoms with Gasteiger partial charge in [-0.15, -0.1) is 0 Å². The molecule has 0 radical (unpaired) electrons. The largest absolute Gasteiger partial charge is 0.349 e. The third kappa shape index (κ3) is 5.50. The second-order valence-corrected chi connectivity index (χ2v) is 9.90. The van der Waals surface area contributed by atoms with Gasteiger partial charge >= 0.3 is 0 Å². The number of carbonyl (C=O) groups excluding carboxylic acids is 1. The van der Waals surface area contributed by atoms with Gasteiger partial charge in [-0.1, -0.05) is 56.2 Å². The number of fused-ring (bicyclic) bond motifs is 1. The standard InChI is InChI=1S/C30H32F2N4O/c1-3-20-12-15-24(16-13-20)34-29-35-26-18-21(28(37)33-23-9-5-6-10-23)14-17-27(26)36(29)19-22-8-4-7-11-25(22)30(2,31)32/h4,7-8,11-18,23H,3,5-6,9-10,19H2,1-2H3,(H,33,37)(H,34,35). The second kappa shape index (κ2) is 10.3. The zero-order valence-electron chi connectivity index (χ0n) is 21.2. The van der Waals surface area contributed by atoms with E-state index in [0.717, 1.165) is 50.2 Å². The number of nitrogens with zero attached hydrogens (tertiary/aromatic N) is 2. The van der Waals surface area contributed by atoms with Crippen LogP contribution in [0.4, 0.5) is 20.4 Å². The van der Waals surface area contributed by atoms with Crippen LogP contribution in [0.2, 0.25) is 0 Å². The first-order chi connectivity index (χ1) is 17.8. The van der Waals surface area contributed by atoms with Crippen molar-refractivity contribution < 1.29 is 13.6 Å². The number of alkyl halides is 2. The Hall–Kier alpha value is -3.74. The first-order valence-electron chi connectivity index (χ1n) is 12.9. The average Bonchev–Trinajstić information content (AvgIpc) is 3.51. The number of hydrogen-bond acceptors (Lipinski definition) is 3. The van der Waals surface area contributed by atoms with Gasteiger partial charge in [0.2, 0.25) is 5.95 Å². The van der Waals surface area contributed by atoms with Gasteiger partial charge in [0.25, 0.3) is 11.8 Å². The fourth-order valence-corrected chi connectivity index (χ4v) is 5.08. The molecule has 2 N–H and O–H groups in total. The fraction of sp³-hybridized carbons (Fsp3) is 0.333. The highest BCUT2D eigenvalue weighted by Gasteiger charge is 2.28. The molecule has 1 heterocycles. The van der Waals surface area contributed by atoms with Crippen molar-refractivity contribution in [3.05, 3.63) is 89.0 Å². The SMILES string of the molecule is CCc1ccc(Nc2nc3cc(C(=O)NC4CCCC4)ccc3n2Cc2ccccc2C(C)(F)F)cc1. The van der Waals surface area contributed by atoms with Crippen molar-refractivity contribution in [3.8, 4) is 0 Å².